The van der Waals surface area contributed by atoms with Crippen molar-refractivity contribution in [3.05, 3.63) is 72.6 Å². The summed E-state index contributed by atoms with van der Waals surface area (Å²) < 4.78 is 0. The van der Waals surface area contributed by atoms with Crippen LogP contribution in [0.4, 0.5) is 0 Å². The van der Waals surface area contributed by atoms with Crippen molar-refractivity contribution in [3.63, 3.8) is 0 Å². The van der Waals surface area contributed by atoms with Gasteiger partial charge in [0.15, 0.2) is 5.43 Å². The second-order valence-electron chi connectivity index (χ2n) is 5.53. The summed E-state index contributed by atoms with van der Waals surface area (Å²) in [5.74, 6) is 0. The highest BCUT2D eigenvalue weighted by molar-refractivity contribution is 6.57. The molecule has 0 aliphatic heterocycles. The molecule has 0 radical (unpaired) electrons. The number of nitrogens with one attached hydrogen (secondary N) is 1. The van der Waals surface area contributed by atoms with Crippen LogP contribution in [0.25, 0.3) is 22.5 Å². The van der Waals surface area contributed by atoms with E-state index >= 15 is 0 Å². The van der Waals surface area contributed by atoms with Crippen LogP contribution in [-0.2, 0) is 0 Å². The van der Waals surface area contributed by atoms with E-state index in [0.717, 1.165) is 0 Å². The molecule has 1 aromatic heterocycles. The molecule has 0 aliphatic rings. The van der Waals surface area contributed by atoms with Gasteiger partial charge in [-0.15, -0.1) is 0 Å². The maximum Gasteiger partial charge on any atom is 0.182 e. The highest BCUT2D eigenvalue weighted by atomic mass is 35.5. The lowest BCUT2D eigenvalue weighted by Crippen LogP contribution is -2.04. The van der Waals surface area contributed by atoms with Gasteiger partial charge in [0.1, 0.15) is 0 Å². The van der Waals surface area contributed by atoms with Gasteiger partial charge in [0.2, 0.25) is 0 Å². The number of H-pyrrole nitrogens is 1. The first kappa shape index (κ1) is 23.9. The molecule has 1 N–H and O–H groups in total. The van der Waals surface area contributed by atoms with Crippen molar-refractivity contribution in [2.75, 3.05) is 0 Å². The maximum absolute atomic E-state index is 12.4. The van der Waals surface area contributed by atoms with Gasteiger partial charge in [0, 0.05) is 23.3 Å². The molecule has 1 heterocycles. The molecule has 0 atom stereocenters. The van der Waals surface area contributed by atoms with Crippen LogP contribution in [0.5, 0.6) is 0 Å². The van der Waals surface area contributed by atoms with Crippen LogP contribution in [-0.4, -0.2) is 4.98 Å². The van der Waals surface area contributed by atoms with E-state index < -0.39 is 5.43 Å². The quantitative estimate of drug-likeness (QED) is 0.233. The van der Waals surface area contributed by atoms with Gasteiger partial charge in [0.25, 0.3) is 0 Å². The lowest BCUT2D eigenvalue weighted by Gasteiger charge is -2.16. The van der Waals surface area contributed by atoms with E-state index in [1.165, 1.54) is 12.1 Å². The standard InChI is InChI=1S/C17H3Cl10NO/c18-8-6(9(19)13(23)16(26)12(8)22)4-1-3(29)2-5(28-4)7-10(20)14(24)17(27)15(25)11(7)21/h1-2H,(H,28,29). The first-order chi connectivity index (χ1) is 13.5. The fraction of sp³-hybridized carbons (Fsp3) is 0. The summed E-state index contributed by atoms with van der Waals surface area (Å²) in [6.07, 6.45) is 0. The largest absolute Gasteiger partial charge is 0.354 e. The first-order valence-corrected chi connectivity index (χ1v) is 11.0. The minimum atomic E-state index is -0.433. The number of benzene rings is 2. The Bertz CT molecular complexity index is 1090. The Kier molecular flexibility index (Phi) is 7.46. The van der Waals surface area contributed by atoms with Gasteiger partial charge in [-0.2, -0.15) is 0 Å². The Labute approximate surface area is 214 Å². The highest BCUT2D eigenvalue weighted by Gasteiger charge is 2.24. The fourth-order valence-corrected chi connectivity index (χ4v) is 5.18. The van der Waals surface area contributed by atoms with E-state index in [1.807, 2.05) is 0 Å². The molecule has 29 heavy (non-hydrogen) atoms. The van der Waals surface area contributed by atoms with E-state index in [0.29, 0.717) is 0 Å². The minimum absolute atomic E-state index is 0.0109. The zero-order valence-electron chi connectivity index (χ0n) is 13.3. The number of aromatic amines is 1. The van der Waals surface area contributed by atoms with Crippen LogP contribution in [0, 0.1) is 0 Å². The summed E-state index contributed by atoms with van der Waals surface area (Å²) in [4.78, 5) is 15.4. The van der Waals surface area contributed by atoms with Crippen molar-refractivity contribution in [2.45, 2.75) is 0 Å². The zero-order chi connectivity index (χ0) is 21.8. The lowest BCUT2D eigenvalue weighted by molar-refractivity contribution is 1.30. The molecule has 3 rings (SSSR count). The number of hydrogen-bond donors (Lipinski definition) is 1. The van der Waals surface area contributed by atoms with E-state index in [9.17, 15) is 4.79 Å². The van der Waals surface area contributed by atoms with Gasteiger partial charge < -0.3 is 4.98 Å². The van der Waals surface area contributed by atoms with Crippen molar-refractivity contribution < 1.29 is 0 Å². The van der Waals surface area contributed by atoms with E-state index in [-0.39, 0.29) is 72.7 Å². The van der Waals surface area contributed by atoms with E-state index in [1.54, 1.807) is 0 Å². The van der Waals surface area contributed by atoms with Gasteiger partial charge in [-0.05, 0) is 0 Å². The van der Waals surface area contributed by atoms with Crippen molar-refractivity contribution >= 4 is 116 Å². The molecule has 0 unspecified atom stereocenters. The molecule has 2 aromatic carbocycles. The average molecular weight is 592 g/mol. The monoisotopic (exact) mass is 587 g/mol. The van der Waals surface area contributed by atoms with Crippen LogP contribution in [0.2, 0.25) is 50.2 Å². The van der Waals surface area contributed by atoms with Crippen LogP contribution < -0.4 is 5.43 Å². The number of hydrogen-bond acceptors (Lipinski definition) is 1. The van der Waals surface area contributed by atoms with Gasteiger partial charge in [0.05, 0.1) is 61.6 Å². The third-order valence-electron chi connectivity index (χ3n) is 3.80. The molecule has 12 heteroatoms. The van der Waals surface area contributed by atoms with Crippen molar-refractivity contribution in [3.8, 4) is 22.5 Å². The van der Waals surface area contributed by atoms with Crippen molar-refractivity contribution in [1.82, 2.24) is 4.98 Å². The Morgan fingerprint density at radius 2 is 0.690 bits per heavy atom. The summed E-state index contributed by atoms with van der Waals surface area (Å²) in [7, 11) is 0. The summed E-state index contributed by atoms with van der Waals surface area (Å²) in [6.45, 7) is 0. The van der Waals surface area contributed by atoms with Gasteiger partial charge >= 0.3 is 0 Å². The second kappa shape index (κ2) is 9.03. The maximum atomic E-state index is 12.4. The van der Waals surface area contributed by atoms with Gasteiger partial charge in [-0.1, -0.05) is 116 Å². The van der Waals surface area contributed by atoms with Gasteiger partial charge in [-0.3, -0.25) is 4.79 Å². The minimum Gasteiger partial charge on any atom is -0.354 e. The fourth-order valence-electron chi connectivity index (χ4n) is 2.50. The molecule has 0 saturated heterocycles. The summed E-state index contributed by atoms with van der Waals surface area (Å²) in [6, 6.07) is 2.47. The molecule has 0 saturated carbocycles. The van der Waals surface area contributed by atoms with Gasteiger partial charge in [-0.25, -0.2) is 0 Å². The van der Waals surface area contributed by atoms with E-state index in [4.69, 9.17) is 116 Å². The number of pyridine rings is 1. The zero-order valence-corrected chi connectivity index (χ0v) is 20.9. The van der Waals surface area contributed by atoms with Crippen molar-refractivity contribution in [1.29, 1.82) is 0 Å². The smallest absolute Gasteiger partial charge is 0.182 e. The highest BCUT2D eigenvalue weighted by Crippen LogP contribution is 2.50. The van der Waals surface area contributed by atoms with E-state index in [2.05, 4.69) is 4.98 Å². The third kappa shape index (κ3) is 4.19. The number of rotatable bonds is 2. The predicted molar refractivity (Wildman–Crippen MR) is 128 cm³/mol. The van der Waals surface area contributed by atoms with Crippen LogP contribution in [0.15, 0.2) is 16.9 Å². The van der Waals surface area contributed by atoms with Crippen LogP contribution in [0.3, 0.4) is 0 Å². The third-order valence-corrected chi connectivity index (χ3v) is 8.35. The summed E-state index contributed by atoms with van der Waals surface area (Å²) in [5.41, 5.74) is 0.238. The number of aromatic nitrogens is 1. The topological polar surface area (TPSA) is 32.9 Å². The Morgan fingerprint density at radius 3 is 0.966 bits per heavy atom. The molecular formula is C17H3Cl10NO. The molecule has 0 bridgehead atoms. The van der Waals surface area contributed by atoms with Crippen LogP contribution >= 0.6 is 116 Å². The molecule has 152 valence electrons. The summed E-state index contributed by atoms with van der Waals surface area (Å²) in [5, 5.41) is -0.204. The summed E-state index contributed by atoms with van der Waals surface area (Å²) >= 11 is 61.7. The molecule has 3 aromatic rings. The molecule has 0 amide bonds. The molecule has 0 aliphatic carbocycles. The number of halogens is 10. The molecule has 2 nitrogen and oxygen atoms in total. The molecular weight excluding hydrogens is 589 g/mol. The normalized spacial score (nSPS) is 11.2. The SMILES string of the molecule is O=c1cc(-c2c(Cl)c(Cl)c(Cl)c(Cl)c2Cl)[nH]c(-c2c(Cl)c(Cl)c(Cl)c(Cl)c2Cl)c1. The predicted octanol–water partition coefficient (Wildman–Crippen LogP) is 10.2. The molecule has 0 fully saturated rings. The van der Waals surface area contributed by atoms with Crippen molar-refractivity contribution in [2.24, 2.45) is 0 Å². The van der Waals surface area contributed by atoms with Crippen LogP contribution in [0.1, 0.15) is 0 Å². The average Bonchev–Trinajstić information content (AvgIpc) is 2.67. The Balaban J connectivity index is 2.39. The second-order valence-corrected chi connectivity index (χ2v) is 9.31. The lowest BCUT2D eigenvalue weighted by atomic mass is 10.1. The molecule has 0 spiro atoms. The Hall–Kier alpha value is 0.290. The first-order valence-electron chi connectivity index (χ1n) is 7.25. The Morgan fingerprint density at radius 1 is 0.448 bits per heavy atom.